The molecule has 0 aliphatic heterocycles. The lowest BCUT2D eigenvalue weighted by Gasteiger charge is -2.34. The summed E-state index contributed by atoms with van der Waals surface area (Å²) in [5.41, 5.74) is 1.94. The van der Waals surface area contributed by atoms with Gasteiger partial charge in [0.2, 0.25) is 0 Å². The number of carbonyl (C=O) groups excluding carboxylic acids is 1. The van der Waals surface area contributed by atoms with Gasteiger partial charge in [0, 0.05) is 5.41 Å². The van der Waals surface area contributed by atoms with Crippen LogP contribution in [-0.4, -0.2) is 11.7 Å². The summed E-state index contributed by atoms with van der Waals surface area (Å²) in [6.45, 7) is 6.88. The van der Waals surface area contributed by atoms with Crippen LogP contribution in [0.1, 0.15) is 50.4 Å². The molecule has 2 atom stereocenters. The summed E-state index contributed by atoms with van der Waals surface area (Å²) in [4.78, 5) is 17.1. The van der Waals surface area contributed by atoms with Gasteiger partial charge in [-0.3, -0.25) is 0 Å². The molecule has 2 saturated carbocycles. The summed E-state index contributed by atoms with van der Waals surface area (Å²) in [7, 11) is 0. The molecule has 0 spiro atoms. The second kappa shape index (κ2) is 4.44. The number of rotatable bonds is 2. The Morgan fingerprint density at radius 2 is 1.95 bits per heavy atom. The van der Waals surface area contributed by atoms with Gasteiger partial charge in [-0.2, -0.15) is 0 Å². The maximum absolute atomic E-state index is 11.9. The Labute approximate surface area is 120 Å². The highest BCUT2D eigenvalue weighted by Crippen LogP contribution is 2.63. The normalized spacial score (nSPS) is 32.5. The Kier molecular flexibility index (Phi) is 2.96. The molecule has 20 heavy (non-hydrogen) atoms. The van der Waals surface area contributed by atoms with Gasteiger partial charge in [-0.1, -0.05) is 44.1 Å². The average Bonchev–Trinajstić information content (AvgIpc) is 2.78. The lowest BCUT2D eigenvalue weighted by Crippen LogP contribution is -2.32. The van der Waals surface area contributed by atoms with E-state index in [9.17, 15) is 4.79 Å². The Hall–Kier alpha value is -1.64. The summed E-state index contributed by atoms with van der Waals surface area (Å²) < 4.78 is 0. The van der Waals surface area contributed by atoms with Crippen LogP contribution in [0.2, 0.25) is 0 Å². The summed E-state index contributed by atoms with van der Waals surface area (Å²) in [6.07, 6.45) is 3.37. The highest BCUT2D eigenvalue weighted by molar-refractivity contribution is 5.95. The summed E-state index contributed by atoms with van der Waals surface area (Å²) in [5, 5.41) is 4.22. The molecule has 2 fully saturated rings. The fourth-order valence-corrected chi connectivity index (χ4v) is 3.79. The first-order valence-corrected chi connectivity index (χ1v) is 7.29. The number of hydrogen-bond acceptors (Lipinski definition) is 3. The van der Waals surface area contributed by atoms with Gasteiger partial charge >= 0.3 is 5.97 Å². The predicted molar refractivity (Wildman–Crippen MR) is 78.5 cm³/mol. The van der Waals surface area contributed by atoms with Crippen LogP contribution in [0.15, 0.2) is 35.5 Å². The molecule has 3 nitrogen and oxygen atoms in total. The lowest BCUT2D eigenvalue weighted by atomic mass is 9.70. The molecular formula is C17H21NO2. The Morgan fingerprint density at radius 1 is 1.25 bits per heavy atom. The molecule has 0 unspecified atom stereocenters. The first-order valence-electron chi connectivity index (χ1n) is 7.29. The van der Waals surface area contributed by atoms with E-state index in [0.717, 1.165) is 18.6 Å². The first-order chi connectivity index (χ1) is 9.45. The maximum Gasteiger partial charge on any atom is 0.365 e. The van der Waals surface area contributed by atoms with Crippen LogP contribution in [0.3, 0.4) is 0 Å². The molecule has 0 N–H and O–H groups in total. The van der Waals surface area contributed by atoms with Crippen LogP contribution >= 0.6 is 0 Å². The SMILES string of the molecule is CC1(C)[C@@H]2CC[C@]1(C)/C(=N\OC(=O)c1ccccc1)C2. The van der Waals surface area contributed by atoms with Gasteiger partial charge in [-0.15, -0.1) is 0 Å². The molecule has 0 aromatic heterocycles. The minimum absolute atomic E-state index is 0.0780. The largest absolute Gasteiger partial charge is 0.365 e. The zero-order valence-corrected chi connectivity index (χ0v) is 12.3. The number of benzene rings is 1. The van der Waals surface area contributed by atoms with Crippen LogP contribution in [0, 0.1) is 16.7 Å². The van der Waals surface area contributed by atoms with Crippen molar-refractivity contribution >= 4 is 11.7 Å². The molecule has 2 bridgehead atoms. The van der Waals surface area contributed by atoms with E-state index < -0.39 is 0 Å². The maximum atomic E-state index is 11.9. The number of fused-ring (bicyclic) bond motifs is 2. The van der Waals surface area contributed by atoms with E-state index in [-0.39, 0.29) is 16.8 Å². The number of carbonyl (C=O) groups is 1. The number of hydrogen-bond donors (Lipinski definition) is 0. The van der Waals surface area contributed by atoms with Crippen molar-refractivity contribution in [1.29, 1.82) is 0 Å². The van der Waals surface area contributed by atoms with Crippen LogP contribution in [0.25, 0.3) is 0 Å². The van der Waals surface area contributed by atoms with E-state index in [1.54, 1.807) is 12.1 Å². The molecule has 0 radical (unpaired) electrons. The van der Waals surface area contributed by atoms with Crippen molar-refractivity contribution in [2.45, 2.75) is 40.0 Å². The average molecular weight is 271 g/mol. The fraction of sp³-hybridized carbons (Fsp3) is 0.529. The van der Waals surface area contributed by atoms with E-state index in [2.05, 4.69) is 25.9 Å². The number of oxime groups is 1. The highest BCUT2D eigenvalue weighted by Gasteiger charge is 2.60. The van der Waals surface area contributed by atoms with Gasteiger partial charge in [0.15, 0.2) is 0 Å². The van der Waals surface area contributed by atoms with Crippen molar-refractivity contribution in [3.8, 4) is 0 Å². The smallest absolute Gasteiger partial charge is 0.313 e. The van der Waals surface area contributed by atoms with Gasteiger partial charge in [0.05, 0.1) is 11.3 Å². The topological polar surface area (TPSA) is 38.7 Å². The standard InChI is InChI=1S/C17H21NO2/c1-16(2)13-9-10-17(16,3)14(11-13)18-20-15(19)12-7-5-4-6-8-12/h4-8,13H,9-11H2,1-3H3/b18-14-/t13-,17-/m1/s1. The molecular weight excluding hydrogens is 250 g/mol. The van der Waals surface area contributed by atoms with Gasteiger partial charge in [-0.25, -0.2) is 4.79 Å². The molecule has 1 aromatic carbocycles. The Bertz CT molecular complexity index is 562. The van der Waals surface area contributed by atoms with E-state index in [1.165, 1.54) is 6.42 Å². The minimum Gasteiger partial charge on any atom is -0.313 e. The van der Waals surface area contributed by atoms with Crippen molar-refractivity contribution in [3.05, 3.63) is 35.9 Å². The summed E-state index contributed by atoms with van der Waals surface area (Å²) in [5.74, 6) is 0.295. The molecule has 0 heterocycles. The molecule has 3 heteroatoms. The molecule has 2 aliphatic carbocycles. The fourth-order valence-electron chi connectivity index (χ4n) is 3.79. The summed E-state index contributed by atoms with van der Waals surface area (Å²) >= 11 is 0. The van der Waals surface area contributed by atoms with E-state index in [4.69, 9.17) is 4.84 Å². The third-order valence-electron chi connectivity index (χ3n) is 5.76. The highest BCUT2D eigenvalue weighted by atomic mass is 16.7. The van der Waals surface area contributed by atoms with Crippen molar-refractivity contribution < 1.29 is 9.63 Å². The molecule has 0 amide bonds. The van der Waals surface area contributed by atoms with E-state index in [1.807, 2.05) is 18.2 Å². The number of nitrogens with zero attached hydrogens (tertiary/aromatic N) is 1. The van der Waals surface area contributed by atoms with E-state index >= 15 is 0 Å². The van der Waals surface area contributed by atoms with Crippen LogP contribution < -0.4 is 0 Å². The Morgan fingerprint density at radius 3 is 2.50 bits per heavy atom. The van der Waals surface area contributed by atoms with Crippen LogP contribution in [0.4, 0.5) is 0 Å². The van der Waals surface area contributed by atoms with Crippen LogP contribution in [0.5, 0.6) is 0 Å². The van der Waals surface area contributed by atoms with Gasteiger partial charge in [0.25, 0.3) is 0 Å². The second-order valence-electron chi connectivity index (χ2n) is 6.78. The monoisotopic (exact) mass is 271 g/mol. The van der Waals surface area contributed by atoms with E-state index in [0.29, 0.717) is 11.5 Å². The molecule has 3 rings (SSSR count). The van der Waals surface area contributed by atoms with Crippen molar-refractivity contribution in [2.75, 3.05) is 0 Å². The zero-order valence-electron chi connectivity index (χ0n) is 12.3. The van der Waals surface area contributed by atoms with Crippen molar-refractivity contribution in [1.82, 2.24) is 0 Å². The third-order valence-corrected chi connectivity index (χ3v) is 5.76. The van der Waals surface area contributed by atoms with Crippen molar-refractivity contribution in [2.24, 2.45) is 21.9 Å². The zero-order chi connectivity index (χ0) is 14.4. The van der Waals surface area contributed by atoms with Crippen molar-refractivity contribution in [3.63, 3.8) is 0 Å². The minimum atomic E-state index is -0.373. The van der Waals surface area contributed by atoms with Crippen LogP contribution in [-0.2, 0) is 4.84 Å². The molecule has 2 aliphatic rings. The van der Waals surface area contributed by atoms with Gasteiger partial charge in [0.1, 0.15) is 0 Å². The first kappa shape index (κ1) is 13.3. The molecule has 1 aromatic rings. The molecule has 106 valence electrons. The quantitative estimate of drug-likeness (QED) is 0.601. The lowest BCUT2D eigenvalue weighted by molar-refractivity contribution is 0.0508. The third kappa shape index (κ3) is 1.80. The second-order valence-corrected chi connectivity index (χ2v) is 6.78. The Balaban J connectivity index is 1.77. The molecule has 0 saturated heterocycles. The van der Waals surface area contributed by atoms with Gasteiger partial charge < -0.3 is 4.84 Å². The van der Waals surface area contributed by atoms with Gasteiger partial charge in [-0.05, 0) is 42.7 Å². The predicted octanol–water partition coefficient (Wildman–Crippen LogP) is 4.05. The summed E-state index contributed by atoms with van der Waals surface area (Å²) in [6, 6.07) is 9.02.